The Hall–Kier alpha value is -2.34. The van der Waals surface area contributed by atoms with Crippen LogP contribution in [-0.4, -0.2) is 58.9 Å². The van der Waals surface area contributed by atoms with E-state index in [-0.39, 0.29) is 11.9 Å². The number of likely N-dealkylation sites (tertiary alicyclic amines) is 1. The molecule has 1 fully saturated rings. The Balaban J connectivity index is 1.60. The molecule has 0 unspecified atom stereocenters. The zero-order chi connectivity index (χ0) is 19.7. The van der Waals surface area contributed by atoms with E-state index in [1.165, 1.54) is 13.5 Å². The van der Waals surface area contributed by atoms with Gasteiger partial charge in [0.1, 0.15) is 6.04 Å². The van der Waals surface area contributed by atoms with Gasteiger partial charge in [0.25, 0.3) is 0 Å². The number of benzene rings is 1. The number of aromatic amines is 1. The molecular weight excluding hydrogens is 354 g/mol. The van der Waals surface area contributed by atoms with E-state index in [1.807, 2.05) is 18.2 Å². The quantitative estimate of drug-likeness (QED) is 0.825. The van der Waals surface area contributed by atoms with Crippen molar-refractivity contribution in [1.29, 1.82) is 0 Å². The molecule has 4 rings (SSSR count). The van der Waals surface area contributed by atoms with Crippen LogP contribution >= 0.6 is 0 Å². The van der Waals surface area contributed by atoms with Crippen molar-refractivity contribution in [2.45, 2.75) is 57.7 Å². The van der Waals surface area contributed by atoms with Crippen LogP contribution in [0.4, 0.5) is 0 Å². The van der Waals surface area contributed by atoms with Crippen LogP contribution < -0.4 is 0 Å². The lowest BCUT2D eigenvalue weighted by atomic mass is 9.96. The Morgan fingerprint density at radius 3 is 2.86 bits per heavy atom. The van der Waals surface area contributed by atoms with Crippen LogP contribution in [0, 0.1) is 0 Å². The normalized spacial score (nSPS) is 22.9. The van der Waals surface area contributed by atoms with E-state index in [0.29, 0.717) is 25.6 Å². The average molecular weight is 383 g/mol. The van der Waals surface area contributed by atoms with Crippen LogP contribution in [0.3, 0.4) is 0 Å². The summed E-state index contributed by atoms with van der Waals surface area (Å²) in [5, 5.41) is 1.13. The van der Waals surface area contributed by atoms with Crippen LogP contribution in [0.1, 0.15) is 43.9 Å². The van der Waals surface area contributed by atoms with Gasteiger partial charge in [-0.15, -0.1) is 0 Å². The number of piperidine rings is 1. The third kappa shape index (κ3) is 3.41. The van der Waals surface area contributed by atoms with Crippen LogP contribution in [-0.2, 0) is 27.3 Å². The van der Waals surface area contributed by atoms with E-state index < -0.39 is 6.04 Å². The number of amides is 1. The number of para-hydroxylation sites is 1. The monoisotopic (exact) mass is 383 g/mol. The molecule has 2 aliphatic rings. The first kappa shape index (κ1) is 19.0. The highest BCUT2D eigenvalue weighted by molar-refractivity contribution is 5.90. The molecule has 0 spiro atoms. The van der Waals surface area contributed by atoms with Crippen molar-refractivity contribution in [1.82, 2.24) is 14.8 Å². The minimum atomic E-state index is -0.561. The predicted octanol–water partition coefficient (Wildman–Crippen LogP) is 2.86. The Kier molecular flexibility index (Phi) is 5.40. The molecule has 150 valence electrons. The molecule has 3 heterocycles. The van der Waals surface area contributed by atoms with E-state index in [4.69, 9.17) is 4.74 Å². The minimum absolute atomic E-state index is 0.0139. The highest BCUT2D eigenvalue weighted by atomic mass is 16.5. The first-order valence-electron chi connectivity index (χ1n) is 10.3. The number of nitrogens with zero attached hydrogens (tertiary/aromatic N) is 2. The van der Waals surface area contributed by atoms with E-state index in [2.05, 4.69) is 22.9 Å². The Morgan fingerprint density at radius 1 is 1.25 bits per heavy atom. The smallest absolute Gasteiger partial charge is 0.328 e. The fraction of sp³-hybridized carbons (Fsp3) is 0.545. The molecule has 0 aliphatic carbocycles. The molecule has 1 aromatic heterocycles. The van der Waals surface area contributed by atoms with Gasteiger partial charge in [-0.1, -0.05) is 31.5 Å². The summed E-state index contributed by atoms with van der Waals surface area (Å²) in [6.45, 7) is 3.94. The molecule has 2 aliphatic heterocycles. The van der Waals surface area contributed by atoms with Gasteiger partial charge < -0.3 is 14.6 Å². The number of aromatic nitrogens is 1. The largest absolute Gasteiger partial charge is 0.467 e. The zero-order valence-corrected chi connectivity index (χ0v) is 16.7. The molecule has 2 atom stereocenters. The van der Waals surface area contributed by atoms with Gasteiger partial charge in [-0.25, -0.2) is 4.79 Å². The number of H-pyrrole nitrogens is 1. The molecule has 0 bridgehead atoms. The lowest BCUT2D eigenvalue weighted by Crippen LogP contribution is -2.53. The van der Waals surface area contributed by atoms with Crippen molar-refractivity contribution in [2.24, 2.45) is 0 Å². The number of rotatable bonds is 4. The maximum absolute atomic E-state index is 13.2. The van der Waals surface area contributed by atoms with E-state index in [0.717, 1.165) is 48.0 Å². The van der Waals surface area contributed by atoms with Gasteiger partial charge in [0, 0.05) is 29.1 Å². The van der Waals surface area contributed by atoms with E-state index in [9.17, 15) is 9.59 Å². The second-order valence-corrected chi connectivity index (χ2v) is 7.92. The lowest BCUT2D eigenvalue weighted by molar-refractivity contribution is -0.154. The third-order valence-corrected chi connectivity index (χ3v) is 6.36. The van der Waals surface area contributed by atoms with E-state index in [1.54, 1.807) is 4.90 Å². The van der Waals surface area contributed by atoms with Gasteiger partial charge in [-0.05, 0) is 37.4 Å². The topological polar surface area (TPSA) is 65.6 Å². The summed E-state index contributed by atoms with van der Waals surface area (Å²) >= 11 is 0. The Morgan fingerprint density at radius 2 is 2.07 bits per heavy atom. The second-order valence-electron chi connectivity index (χ2n) is 7.92. The molecule has 2 aromatic rings. The lowest BCUT2D eigenvalue weighted by Gasteiger charge is -2.38. The SMILES string of the molecule is CC[C@@H]1CCCCN1CC(=O)N1Cc2[nH]c3ccccc3c2C[C@@H]1C(=O)OC. The number of fused-ring (bicyclic) bond motifs is 3. The first-order valence-corrected chi connectivity index (χ1v) is 10.3. The van der Waals surface area contributed by atoms with Crippen molar-refractivity contribution in [2.75, 3.05) is 20.2 Å². The summed E-state index contributed by atoms with van der Waals surface area (Å²) in [5.41, 5.74) is 3.20. The highest BCUT2D eigenvalue weighted by Crippen LogP contribution is 2.31. The fourth-order valence-corrected chi connectivity index (χ4v) is 4.81. The number of hydrogen-bond acceptors (Lipinski definition) is 4. The third-order valence-electron chi connectivity index (χ3n) is 6.36. The van der Waals surface area contributed by atoms with Gasteiger partial charge in [-0.3, -0.25) is 9.69 Å². The average Bonchev–Trinajstić information content (AvgIpc) is 3.10. The molecule has 6 heteroatoms. The zero-order valence-electron chi connectivity index (χ0n) is 16.7. The number of carbonyl (C=O) groups excluding carboxylic acids is 2. The number of hydrogen-bond donors (Lipinski definition) is 1. The van der Waals surface area contributed by atoms with Crippen molar-refractivity contribution in [3.63, 3.8) is 0 Å². The summed E-state index contributed by atoms with van der Waals surface area (Å²) in [7, 11) is 1.40. The summed E-state index contributed by atoms with van der Waals surface area (Å²) in [6, 6.07) is 7.99. The molecular formula is C22H29N3O3. The number of esters is 1. The Bertz CT molecular complexity index is 875. The van der Waals surface area contributed by atoms with Gasteiger partial charge >= 0.3 is 5.97 Å². The van der Waals surface area contributed by atoms with Gasteiger partial charge in [0.2, 0.25) is 5.91 Å². The second kappa shape index (κ2) is 7.95. The molecule has 1 saturated heterocycles. The molecule has 28 heavy (non-hydrogen) atoms. The molecule has 1 aromatic carbocycles. The van der Waals surface area contributed by atoms with Crippen molar-refractivity contribution in [3.8, 4) is 0 Å². The standard InChI is InChI=1S/C22H29N3O3/c1-3-15-8-6-7-11-24(15)14-21(26)25-13-19-17(12-20(25)22(27)28-2)16-9-4-5-10-18(16)23-19/h4-5,9-10,15,20,23H,3,6-8,11-14H2,1-2H3/t15-,20-/m1/s1. The van der Waals surface area contributed by atoms with Crippen LogP contribution in [0.5, 0.6) is 0 Å². The minimum Gasteiger partial charge on any atom is -0.467 e. The van der Waals surface area contributed by atoms with E-state index >= 15 is 0 Å². The van der Waals surface area contributed by atoms with Gasteiger partial charge in [0.15, 0.2) is 0 Å². The van der Waals surface area contributed by atoms with Crippen molar-refractivity contribution in [3.05, 3.63) is 35.5 Å². The molecule has 6 nitrogen and oxygen atoms in total. The number of carbonyl (C=O) groups is 2. The van der Waals surface area contributed by atoms with Crippen molar-refractivity contribution < 1.29 is 14.3 Å². The number of nitrogens with one attached hydrogen (secondary N) is 1. The van der Waals surface area contributed by atoms with Crippen molar-refractivity contribution >= 4 is 22.8 Å². The molecule has 0 saturated carbocycles. The molecule has 0 radical (unpaired) electrons. The summed E-state index contributed by atoms with van der Waals surface area (Å²) < 4.78 is 5.05. The summed E-state index contributed by atoms with van der Waals surface area (Å²) in [6.07, 6.45) is 5.07. The van der Waals surface area contributed by atoms with Crippen LogP contribution in [0.2, 0.25) is 0 Å². The highest BCUT2D eigenvalue weighted by Gasteiger charge is 2.38. The van der Waals surface area contributed by atoms with Crippen LogP contribution in [0.25, 0.3) is 10.9 Å². The maximum atomic E-state index is 13.2. The van der Waals surface area contributed by atoms with Gasteiger partial charge in [0.05, 0.1) is 20.2 Å². The first-order chi connectivity index (χ1) is 13.6. The fourth-order valence-electron chi connectivity index (χ4n) is 4.81. The predicted molar refractivity (Wildman–Crippen MR) is 108 cm³/mol. The van der Waals surface area contributed by atoms with Gasteiger partial charge in [-0.2, -0.15) is 0 Å². The summed E-state index contributed by atoms with van der Waals surface area (Å²) in [5.74, 6) is -0.324. The Labute approximate surface area is 165 Å². The number of methoxy groups -OCH3 is 1. The molecule has 1 N–H and O–H groups in total. The summed E-state index contributed by atoms with van der Waals surface area (Å²) in [4.78, 5) is 33.2. The number of ether oxygens (including phenoxy) is 1. The van der Waals surface area contributed by atoms with Crippen LogP contribution in [0.15, 0.2) is 24.3 Å². The molecule has 1 amide bonds. The maximum Gasteiger partial charge on any atom is 0.328 e.